The predicted octanol–water partition coefficient (Wildman–Crippen LogP) is 3.43. The second-order valence-corrected chi connectivity index (χ2v) is 5.79. The molecule has 0 saturated heterocycles. The summed E-state index contributed by atoms with van der Waals surface area (Å²) in [7, 11) is 0. The average molecular weight is 366 g/mol. The molecule has 3 aromatic rings. The highest BCUT2D eigenvalue weighted by Gasteiger charge is 2.17. The van der Waals surface area contributed by atoms with Crippen LogP contribution < -0.4 is 5.32 Å². The molecule has 3 rings (SSSR count). The Balaban J connectivity index is 1.75. The molecule has 0 spiro atoms. The van der Waals surface area contributed by atoms with E-state index in [0.717, 1.165) is 5.56 Å². The third kappa shape index (κ3) is 4.12. The van der Waals surface area contributed by atoms with Gasteiger partial charge < -0.3 is 5.32 Å². The van der Waals surface area contributed by atoms with Gasteiger partial charge in [0.05, 0.1) is 22.9 Å². The minimum Gasteiger partial charge on any atom is -0.346 e. The van der Waals surface area contributed by atoms with Crippen LogP contribution in [0.4, 0.5) is 10.1 Å². The van der Waals surface area contributed by atoms with Crippen molar-refractivity contribution >= 4 is 11.6 Å². The summed E-state index contributed by atoms with van der Waals surface area (Å²) in [4.78, 5) is 31.1. The van der Waals surface area contributed by atoms with Gasteiger partial charge in [-0.2, -0.15) is 0 Å². The number of nitrogens with one attached hydrogen (secondary N) is 1. The molecule has 1 aromatic heterocycles. The first-order chi connectivity index (χ1) is 13.0. The molecule has 1 N–H and O–H groups in total. The Hall–Kier alpha value is -3.68. The zero-order chi connectivity index (χ0) is 19.4. The largest absolute Gasteiger partial charge is 0.346 e. The number of rotatable bonds is 5. The number of carbonyl (C=O) groups excluding carboxylic acids is 1. The number of nitro benzene ring substituents is 1. The van der Waals surface area contributed by atoms with Crippen molar-refractivity contribution in [2.75, 3.05) is 0 Å². The summed E-state index contributed by atoms with van der Waals surface area (Å²) in [5.41, 5.74) is 2.30. The van der Waals surface area contributed by atoms with Gasteiger partial charge in [0.2, 0.25) is 0 Å². The molecule has 0 saturated carbocycles. The maximum Gasteiger partial charge on any atom is 0.273 e. The van der Waals surface area contributed by atoms with E-state index in [1.807, 2.05) is 0 Å². The highest BCUT2D eigenvalue weighted by atomic mass is 19.1. The van der Waals surface area contributed by atoms with E-state index >= 15 is 0 Å². The Kier molecular flexibility index (Phi) is 5.16. The van der Waals surface area contributed by atoms with Gasteiger partial charge in [0.15, 0.2) is 0 Å². The Morgan fingerprint density at radius 2 is 1.93 bits per heavy atom. The summed E-state index contributed by atoms with van der Waals surface area (Å²) in [6, 6.07) is 11.9. The summed E-state index contributed by atoms with van der Waals surface area (Å²) in [6.07, 6.45) is 1.36. The zero-order valence-electron chi connectivity index (χ0n) is 14.3. The fourth-order valence-electron chi connectivity index (χ4n) is 2.61. The van der Waals surface area contributed by atoms with Crippen LogP contribution in [0.25, 0.3) is 11.3 Å². The quantitative estimate of drug-likeness (QED) is 0.551. The fourth-order valence-corrected chi connectivity index (χ4v) is 2.61. The van der Waals surface area contributed by atoms with Crippen LogP contribution in [0.15, 0.2) is 54.9 Å². The van der Waals surface area contributed by atoms with Gasteiger partial charge in [-0.15, -0.1) is 0 Å². The van der Waals surface area contributed by atoms with Crippen molar-refractivity contribution in [1.29, 1.82) is 0 Å². The second kappa shape index (κ2) is 7.69. The molecule has 0 aliphatic heterocycles. The number of halogens is 1. The molecule has 1 amide bonds. The molecular formula is C19H15FN4O3. The second-order valence-electron chi connectivity index (χ2n) is 5.79. The third-order valence-corrected chi connectivity index (χ3v) is 4.04. The van der Waals surface area contributed by atoms with E-state index in [4.69, 9.17) is 0 Å². The molecule has 136 valence electrons. The van der Waals surface area contributed by atoms with Gasteiger partial charge in [0.25, 0.3) is 11.6 Å². The molecule has 0 atom stereocenters. The number of benzene rings is 2. The fraction of sp³-hybridized carbons (Fsp3) is 0.105. The normalized spacial score (nSPS) is 10.4. The van der Waals surface area contributed by atoms with Gasteiger partial charge in [-0.05, 0) is 43.3 Å². The first-order valence-corrected chi connectivity index (χ1v) is 8.05. The highest BCUT2D eigenvalue weighted by molar-refractivity contribution is 5.96. The predicted molar refractivity (Wildman–Crippen MR) is 96.4 cm³/mol. The summed E-state index contributed by atoms with van der Waals surface area (Å²) >= 11 is 0. The molecule has 0 aliphatic carbocycles. The molecular weight excluding hydrogens is 351 g/mol. The topological polar surface area (TPSA) is 98.0 Å². The van der Waals surface area contributed by atoms with Gasteiger partial charge >= 0.3 is 0 Å². The van der Waals surface area contributed by atoms with Crippen molar-refractivity contribution in [2.45, 2.75) is 13.5 Å². The first-order valence-electron chi connectivity index (χ1n) is 8.05. The molecule has 2 aromatic carbocycles. The van der Waals surface area contributed by atoms with Crippen molar-refractivity contribution in [1.82, 2.24) is 15.3 Å². The van der Waals surface area contributed by atoms with E-state index in [0.29, 0.717) is 17.0 Å². The van der Waals surface area contributed by atoms with Crippen molar-refractivity contribution in [2.24, 2.45) is 0 Å². The van der Waals surface area contributed by atoms with Crippen LogP contribution in [0.3, 0.4) is 0 Å². The Labute approximate surface area is 154 Å². The maximum absolute atomic E-state index is 13.0. The number of aromatic nitrogens is 2. The van der Waals surface area contributed by atoms with E-state index in [2.05, 4.69) is 15.3 Å². The van der Waals surface area contributed by atoms with Gasteiger partial charge in [-0.1, -0.05) is 6.07 Å². The van der Waals surface area contributed by atoms with Gasteiger partial charge in [-0.25, -0.2) is 14.4 Å². The molecule has 0 bridgehead atoms. The molecule has 7 nitrogen and oxygen atoms in total. The van der Waals surface area contributed by atoms with Crippen LogP contribution in [-0.2, 0) is 6.54 Å². The van der Waals surface area contributed by atoms with E-state index in [1.165, 1.54) is 43.6 Å². The summed E-state index contributed by atoms with van der Waals surface area (Å²) in [5.74, 6) is -0.772. The van der Waals surface area contributed by atoms with Crippen LogP contribution in [0, 0.1) is 22.9 Å². The molecule has 27 heavy (non-hydrogen) atoms. The SMILES string of the molecule is Cc1c(C(=O)NCc2cc(-c3ccc(F)cc3)ncn2)cccc1[N+](=O)[O-]. The van der Waals surface area contributed by atoms with E-state index < -0.39 is 10.8 Å². The average Bonchev–Trinajstić information content (AvgIpc) is 2.67. The van der Waals surface area contributed by atoms with Crippen LogP contribution in [0.2, 0.25) is 0 Å². The third-order valence-electron chi connectivity index (χ3n) is 4.04. The molecule has 1 heterocycles. The lowest BCUT2D eigenvalue weighted by atomic mass is 10.1. The standard InChI is InChI=1S/C19H15FN4O3/c1-12-16(3-2-4-18(12)24(26)27)19(25)21-10-15-9-17(23-11-22-15)13-5-7-14(20)8-6-13/h2-9,11H,10H2,1H3,(H,21,25). The Morgan fingerprint density at radius 3 is 2.63 bits per heavy atom. The number of nitrogens with zero attached hydrogens (tertiary/aromatic N) is 3. The molecule has 8 heteroatoms. The number of hydrogen-bond donors (Lipinski definition) is 1. The highest BCUT2D eigenvalue weighted by Crippen LogP contribution is 2.21. The molecule has 0 unspecified atom stereocenters. The molecule has 0 fully saturated rings. The van der Waals surface area contributed by atoms with Crippen LogP contribution >= 0.6 is 0 Å². The summed E-state index contributed by atoms with van der Waals surface area (Å²) in [6.45, 7) is 1.65. The van der Waals surface area contributed by atoms with E-state index in [1.54, 1.807) is 18.2 Å². The number of hydrogen-bond acceptors (Lipinski definition) is 5. The van der Waals surface area contributed by atoms with Crippen LogP contribution in [0.5, 0.6) is 0 Å². The lowest BCUT2D eigenvalue weighted by molar-refractivity contribution is -0.385. The monoisotopic (exact) mass is 366 g/mol. The van der Waals surface area contributed by atoms with Crippen molar-refractivity contribution in [3.63, 3.8) is 0 Å². The van der Waals surface area contributed by atoms with Crippen LogP contribution in [-0.4, -0.2) is 20.8 Å². The lowest BCUT2D eigenvalue weighted by Gasteiger charge is -2.08. The van der Waals surface area contributed by atoms with E-state index in [9.17, 15) is 19.3 Å². The van der Waals surface area contributed by atoms with Gasteiger partial charge in [-0.3, -0.25) is 14.9 Å². The number of nitro groups is 1. The van der Waals surface area contributed by atoms with Gasteiger partial charge in [0, 0.05) is 22.8 Å². The van der Waals surface area contributed by atoms with Crippen molar-refractivity contribution < 1.29 is 14.1 Å². The Bertz CT molecular complexity index is 1010. The Morgan fingerprint density at radius 1 is 1.19 bits per heavy atom. The minimum absolute atomic E-state index is 0.108. The van der Waals surface area contributed by atoms with E-state index in [-0.39, 0.29) is 23.6 Å². The first kappa shape index (κ1) is 18.1. The lowest BCUT2D eigenvalue weighted by Crippen LogP contribution is -2.24. The minimum atomic E-state index is -0.522. The maximum atomic E-state index is 13.0. The number of carbonyl (C=O) groups is 1. The zero-order valence-corrected chi connectivity index (χ0v) is 14.3. The summed E-state index contributed by atoms with van der Waals surface area (Å²) < 4.78 is 13.0. The molecule has 0 radical (unpaired) electrons. The van der Waals surface area contributed by atoms with Crippen molar-refractivity contribution in [3.8, 4) is 11.3 Å². The van der Waals surface area contributed by atoms with Crippen LogP contribution in [0.1, 0.15) is 21.6 Å². The van der Waals surface area contributed by atoms with Gasteiger partial charge in [0.1, 0.15) is 12.1 Å². The molecule has 0 aliphatic rings. The smallest absolute Gasteiger partial charge is 0.273 e. The van der Waals surface area contributed by atoms with Crippen molar-refractivity contribution in [3.05, 3.63) is 87.6 Å². The summed E-state index contributed by atoms with van der Waals surface area (Å²) in [5, 5.41) is 13.7. The number of amides is 1.